The number of nitrogens with two attached hydrogens (primary N) is 1. The number of carbonyl (C=O) groups excluding carboxylic acids is 1. The third-order valence-corrected chi connectivity index (χ3v) is 3.85. The van der Waals surface area contributed by atoms with Gasteiger partial charge in [0.15, 0.2) is 0 Å². The molecule has 1 saturated heterocycles. The molecule has 0 bridgehead atoms. The highest BCUT2D eigenvalue weighted by atomic mass is 35.5. The van der Waals surface area contributed by atoms with Crippen LogP contribution in [0.4, 0.5) is 5.69 Å². The summed E-state index contributed by atoms with van der Waals surface area (Å²) in [5.41, 5.74) is 7.38. The van der Waals surface area contributed by atoms with E-state index in [1.54, 1.807) is 0 Å². The first-order valence-corrected chi connectivity index (χ1v) is 8.03. The van der Waals surface area contributed by atoms with Crippen molar-refractivity contribution in [3.8, 4) is 0 Å². The number of rotatable bonds is 4. The van der Waals surface area contributed by atoms with Gasteiger partial charge in [-0.15, -0.1) is 11.6 Å². The molecule has 0 radical (unpaired) electrons. The molecular weight excluding hydrogens is 288 g/mol. The summed E-state index contributed by atoms with van der Waals surface area (Å²) < 4.78 is 5.29. The lowest BCUT2D eigenvalue weighted by Crippen LogP contribution is -2.44. The predicted molar refractivity (Wildman–Crippen MR) is 87.5 cm³/mol. The second-order valence-corrected chi connectivity index (χ2v) is 5.13. The Morgan fingerprint density at radius 1 is 1.33 bits per heavy atom. The quantitative estimate of drug-likeness (QED) is 0.509. The predicted octanol–water partition coefficient (Wildman–Crippen LogP) is 2.60. The summed E-state index contributed by atoms with van der Waals surface area (Å²) in [6.07, 6.45) is 3.75. The molecule has 0 amide bonds. The number of anilines is 1. The Morgan fingerprint density at radius 3 is 2.52 bits per heavy atom. The molecule has 5 heteroatoms. The highest BCUT2D eigenvalue weighted by molar-refractivity contribution is 6.15. The van der Waals surface area contributed by atoms with Crippen LogP contribution in [0.25, 0.3) is 0 Å². The minimum absolute atomic E-state index is 0.0836. The van der Waals surface area contributed by atoms with Gasteiger partial charge in [-0.05, 0) is 50.9 Å². The van der Waals surface area contributed by atoms with E-state index in [4.69, 9.17) is 10.5 Å². The molecule has 1 fully saturated rings. The summed E-state index contributed by atoms with van der Waals surface area (Å²) in [4.78, 5) is 12.3. The maximum atomic E-state index is 12.3. The van der Waals surface area contributed by atoms with Gasteiger partial charge in [0.05, 0.1) is 12.0 Å². The van der Waals surface area contributed by atoms with Gasteiger partial charge < -0.3 is 15.8 Å². The number of hydrogen-bond acceptors (Lipinski definition) is 4. The fourth-order valence-electron chi connectivity index (χ4n) is 2.70. The standard InChI is InChI=1S/C15H22N2O2.CH3Cl/c1-2-19-14(18)15(7-9-17-10-8-15)11-12-5-3-4-6-13(12)16;1-2/h3-6,17H,2,7-11,16H2,1H3;1H3. The number of hydrogen-bond donors (Lipinski definition) is 2. The van der Waals surface area contributed by atoms with E-state index in [9.17, 15) is 4.79 Å². The lowest BCUT2D eigenvalue weighted by molar-refractivity contribution is -0.157. The normalized spacial score (nSPS) is 16.5. The molecule has 118 valence electrons. The Hall–Kier alpha value is -1.26. The summed E-state index contributed by atoms with van der Waals surface area (Å²) in [6, 6.07) is 7.76. The fourth-order valence-corrected chi connectivity index (χ4v) is 2.70. The second kappa shape index (κ2) is 8.90. The molecule has 2 rings (SSSR count). The first-order valence-electron chi connectivity index (χ1n) is 7.27. The van der Waals surface area contributed by atoms with Crippen molar-refractivity contribution >= 4 is 23.3 Å². The van der Waals surface area contributed by atoms with Crippen LogP contribution in [0.15, 0.2) is 24.3 Å². The Balaban J connectivity index is 0.00000106. The van der Waals surface area contributed by atoms with Crippen LogP contribution in [0, 0.1) is 5.41 Å². The van der Waals surface area contributed by atoms with Crippen molar-refractivity contribution in [3.05, 3.63) is 29.8 Å². The lowest BCUT2D eigenvalue weighted by Gasteiger charge is -2.35. The Morgan fingerprint density at radius 2 is 1.95 bits per heavy atom. The van der Waals surface area contributed by atoms with Gasteiger partial charge in [-0.2, -0.15) is 0 Å². The summed E-state index contributed by atoms with van der Waals surface area (Å²) in [5, 5.41) is 3.30. The maximum Gasteiger partial charge on any atom is 0.312 e. The van der Waals surface area contributed by atoms with E-state index in [2.05, 4.69) is 16.9 Å². The number of benzene rings is 1. The third kappa shape index (κ3) is 4.61. The van der Waals surface area contributed by atoms with E-state index in [1.807, 2.05) is 31.2 Å². The molecule has 1 heterocycles. The van der Waals surface area contributed by atoms with Crippen molar-refractivity contribution < 1.29 is 9.53 Å². The van der Waals surface area contributed by atoms with Crippen molar-refractivity contribution in [2.75, 3.05) is 31.8 Å². The number of esters is 1. The topological polar surface area (TPSA) is 64.3 Å². The maximum absolute atomic E-state index is 12.3. The molecule has 0 aliphatic carbocycles. The van der Waals surface area contributed by atoms with Gasteiger partial charge in [-0.3, -0.25) is 4.79 Å². The van der Waals surface area contributed by atoms with E-state index in [-0.39, 0.29) is 5.97 Å². The number of ether oxygens (including phenoxy) is 1. The first-order chi connectivity index (χ1) is 10.2. The SMILES string of the molecule is CCOC(=O)C1(Cc2ccccc2N)CCNCC1.CCl. The molecule has 1 aromatic rings. The largest absolute Gasteiger partial charge is 0.466 e. The zero-order valence-corrected chi connectivity index (χ0v) is 13.6. The molecule has 0 atom stereocenters. The van der Waals surface area contributed by atoms with Crippen molar-refractivity contribution in [2.24, 2.45) is 5.41 Å². The lowest BCUT2D eigenvalue weighted by atomic mass is 9.74. The number of alkyl halides is 1. The van der Waals surface area contributed by atoms with E-state index < -0.39 is 5.41 Å². The summed E-state index contributed by atoms with van der Waals surface area (Å²) in [5.74, 6) is -0.0836. The number of nitrogens with one attached hydrogen (secondary N) is 1. The van der Waals surface area contributed by atoms with Crippen LogP contribution in [0.5, 0.6) is 0 Å². The fraction of sp³-hybridized carbons (Fsp3) is 0.562. The average Bonchev–Trinajstić information content (AvgIpc) is 2.53. The van der Waals surface area contributed by atoms with Crippen LogP contribution in [-0.2, 0) is 16.0 Å². The van der Waals surface area contributed by atoms with Crippen molar-refractivity contribution in [1.29, 1.82) is 0 Å². The van der Waals surface area contributed by atoms with Crippen LogP contribution in [-0.4, -0.2) is 32.0 Å². The molecule has 0 spiro atoms. The smallest absolute Gasteiger partial charge is 0.312 e. The molecule has 21 heavy (non-hydrogen) atoms. The van der Waals surface area contributed by atoms with Gasteiger partial charge in [0, 0.05) is 12.1 Å². The molecule has 3 N–H and O–H groups in total. The molecule has 4 nitrogen and oxygen atoms in total. The highest BCUT2D eigenvalue weighted by Gasteiger charge is 2.41. The second-order valence-electron chi connectivity index (χ2n) is 5.13. The van der Waals surface area contributed by atoms with Crippen LogP contribution >= 0.6 is 11.6 Å². The van der Waals surface area contributed by atoms with Crippen molar-refractivity contribution in [3.63, 3.8) is 0 Å². The zero-order valence-electron chi connectivity index (χ0n) is 12.8. The van der Waals surface area contributed by atoms with Gasteiger partial charge >= 0.3 is 5.97 Å². The third-order valence-electron chi connectivity index (χ3n) is 3.85. The van der Waals surface area contributed by atoms with Crippen molar-refractivity contribution in [1.82, 2.24) is 5.32 Å². The molecule has 1 aliphatic rings. The molecule has 1 aromatic carbocycles. The average molecular weight is 313 g/mol. The number of piperidine rings is 1. The van der Waals surface area contributed by atoms with E-state index in [1.165, 1.54) is 6.38 Å². The van der Waals surface area contributed by atoms with E-state index in [0.29, 0.717) is 13.0 Å². The monoisotopic (exact) mass is 312 g/mol. The molecule has 0 unspecified atom stereocenters. The summed E-state index contributed by atoms with van der Waals surface area (Å²) in [7, 11) is 0. The molecular formula is C16H25ClN2O2. The zero-order chi connectivity index (χ0) is 15.7. The highest BCUT2D eigenvalue weighted by Crippen LogP contribution is 2.35. The van der Waals surface area contributed by atoms with Gasteiger partial charge in [0.2, 0.25) is 0 Å². The van der Waals surface area contributed by atoms with Crippen LogP contribution in [0.2, 0.25) is 0 Å². The molecule has 0 aromatic heterocycles. The number of halogens is 1. The Bertz CT molecular complexity index is 446. The minimum atomic E-state index is -0.420. The van der Waals surface area contributed by atoms with Crippen LogP contribution in [0.3, 0.4) is 0 Å². The Labute approximate surface area is 132 Å². The molecule has 1 aliphatic heterocycles. The van der Waals surface area contributed by atoms with Crippen LogP contribution < -0.4 is 11.1 Å². The number of nitrogen functional groups attached to an aromatic ring is 1. The van der Waals surface area contributed by atoms with Gasteiger partial charge in [-0.25, -0.2) is 0 Å². The number of para-hydroxylation sites is 1. The van der Waals surface area contributed by atoms with Crippen LogP contribution in [0.1, 0.15) is 25.3 Å². The van der Waals surface area contributed by atoms with Gasteiger partial charge in [-0.1, -0.05) is 18.2 Å². The summed E-state index contributed by atoms with van der Waals surface area (Å²) >= 11 is 4.64. The Kier molecular flexibility index (Phi) is 7.54. The first kappa shape index (κ1) is 17.8. The minimum Gasteiger partial charge on any atom is -0.466 e. The van der Waals surface area contributed by atoms with E-state index >= 15 is 0 Å². The molecule has 0 saturated carbocycles. The van der Waals surface area contributed by atoms with Gasteiger partial charge in [0.1, 0.15) is 0 Å². The van der Waals surface area contributed by atoms with Crippen molar-refractivity contribution in [2.45, 2.75) is 26.2 Å². The number of carbonyl (C=O) groups is 1. The van der Waals surface area contributed by atoms with Gasteiger partial charge in [0.25, 0.3) is 0 Å². The summed E-state index contributed by atoms with van der Waals surface area (Å²) in [6.45, 7) is 3.99. The van der Waals surface area contributed by atoms with E-state index in [0.717, 1.165) is 37.2 Å².